The van der Waals surface area contributed by atoms with Gasteiger partial charge >= 0.3 is 0 Å². The van der Waals surface area contributed by atoms with Crippen LogP contribution < -0.4 is 5.32 Å². The lowest BCUT2D eigenvalue weighted by molar-refractivity contribution is -0.127. The topological polar surface area (TPSA) is 93.7 Å². The number of nitrogens with one attached hydrogen (secondary N) is 1. The Labute approximate surface area is 146 Å². The van der Waals surface area contributed by atoms with E-state index >= 15 is 0 Å². The fourth-order valence-corrected chi connectivity index (χ4v) is 3.31. The lowest BCUT2D eigenvalue weighted by Crippen LogP contribution is -2.46. The molecule has 3 heterocycles. The van der Waals surface area contributed by atoms with E-state index < -0.39 is 0 Å². The van der Waals surface area contributed by atoms with Crippen LogP contribution in [0.3, 0.4) is 0 Å². The Morgan fingerprint density at radius 1 is 1.36 bits per heavy atom. The molecule has 1 atom stereocenters. The average Bonchev–Trinajstić information content (AvgIpc) is 3.03. The molecule has 0 bridgehead atoms. The van der Waals surface area contributed by atoms with Crippen molar-refractivity contribution in [2.45, 2.75) is 37.9 Å². The zero-order valence-electron chi connectivity index (χ0n) is 14.7. The van der Waals surface area contributed by atoms with Crippen molar-refractivity contribution in [1.82, 2.24) is 20.2 Å². The Morgan fingerprint density at radius 3 is 2.76 bits per heavy atom. The van der Waals surface area contributed by atoms with E-state index in [1.54, 1.807) is 18.1 Å². The minimum atomic E-state index is -0.247. The van der Waals surface area contributed by atoms with Crippen LogP contribution in [-0.4, -0.2) is 71.7 Å². The fourth-order valence-electron chi connectivity index (χ4n) is 3.31. The number of aryl methyl sites for hydroxylation is 1. The standard InChI is InChI=1S/C17H24N4O4/c1-12-8-20-14(9-19-12)16(23)21-5-3-17(4-6-21)7-13(10-25-17)24-11-15(22)18-2/h8-9,13H,3-7,10-11H2,1-2H3,(H,18,22)/t13-/m0/s1. The third-order valence-corrected chi connectivity index (χ3v) is 4.87. The summed E-state index contributed by atoms with van der Waals surface area (Å²) in [6.07, 6.45) is 5.35. The molecule has 1 N–H and O–H groups in total. The van der Waals surface area contributed by atoms with Crippen LogP contribution in [-0.2, 0) is 14.3 Å². The lowest BCUT2D eigenvalue weighted by atomic mass is 9.88. The molecular formula is C17H24N4O4. The van der Waals surface area contributed by atoms with Crippen LogP contribution in [0.2, 0.25) is 0 Å². The van der Waals surface area contributed by atoms with Crippen LogP contribution in [0.25, 0.3) is 0 Å². The predicted octanol–water partition coefficient (Wildman–Crippen LogP) is 0.311. The first-order valence-corrected chi connectivity index (χ1v) is 8.55. The summed E-state index contributed by atoms with van der Waals surface area (Å²) in [5.41, 5.74) is 0.917. The van der Waals surface area contributed by atoms with Crippen molar-refractivity contribution in [3.63, 3.8) is 0 Å². The summed E-state index contributed by atoms with van der Waals surface area (Å²) in [4.78, 5) is 33.9. The van der Waals surface area contributed by atoms with E-state index in [1.165, 1.54) is 6.20 Å². The van der Waals surface area contributed by atoms with Gasteiger partial charge in [0.2, 0.25) is 5.91 Å². The molecule has 1 aromatic rings. The van der Waals surface area contributed by atoms with Crippen molar-refractivity contribution in [3.05, 3.63) is 23.8 Å². The molecule has 25 heavy (non-hydrogen) atoms. The second-order valence-corrected chi connectivity index (χ2v) is 6.64. The molecule has 0 unspecified atom stereocenters. The SMILES string of the molecule is CNC(=O)CO[C@@H]1COC2(CCN(C(=O)c3cnc(C)cn3)CC2)C1. The normalized spacial score (nSPS) is 22.2. The molecule has 8 nitrogen and oxygen atoms in total. The summed E-state index contributed by atoms with van der Waals surface area (Å²) in [7, 11) is 1.59. The van der Waals surface area contributed by atoms with Gasteiger partial charge in [-0.15, -0.1) is 0 Å². The molecule has 1 aromatic heterocycles. The molecule has 0 saturated carbocycles. The van der Waals surface area contributed by atoms with Gasteiger partial charge in [-0.05, 0) is 19.8 Å². The molecule has 3 rings (SSSR count). The minimum Gasteiger partial charge on any atom is -0.372 e. The van der Waals surface area contributed by atoms with E-state index in [1.807, 2.05) is 6.92 Å². The summed E-state index contributed by atoms with van der Waals surface area (Å²) in [5.74, 6) is -0.228. The number of carbonyl (C=O) groups is 2. The fraction of sp³-hybridized carbons (Fsp3) is 0.647. The smallest absolute Gasteiger partial charge is 0.274 e. The van der Waals surface area contributed by atoms with Crippen molar-refractivity contribution >= 4 is 11.8 Å². The van der Waals surface area contributed by atoms with E-state index in [0.29, 0.717) is 25.4 Å². The monoisotopic (exact) mass is 348 g/mol. The van der Waals surface area contributed by atoms with Crippen LogP contribution >= 0.6 is 0 Å². The van der Waals surface area contributed by atoms with Gasteiger partial charge in [-0.3, -0.25) is 14.6 Å². The Morgan fingerprint density at radius 2 is 2.12 bits per heavy atom. The molecule has 2 aliphatic heterocycles. The molecule has 2 fully saturated rings. The van der Waals surface area contributed by atoms with Gasteiger partial charge in [0.15, 0.2) is 0 Å². The van der Waals surface area contributed by atoms with Crippen LogP contribution in [0.15, 0.2) is 12.4 Å². The van der Waals surface area contributed by atoms with Gasteiger partial charge in [-0.1, -0.05) is 0 Å². The zero-order chi connectivity index (χ0) is 17.9. The van der Waals surface area contributed by atoms with Gasteiger partial charge in [0.25, 0.3) is 5.91 Å². The highest BCUT2D eigenvalue weighted by Crippen LogP contribution is 2.37. The van der Waals surface area contributed by atoms with E-state index in [9.17, 15) is 9.59 Å². The van der Waals surface area contributed by atoms with Crippen molar-refractivity contribution < 1.29 is 19.1 Å². The van der Waals surface area contributed by atoms with Crippen molar-refractivity contribution in [2.75, 3.05) is 33.4 Å². The van der Waals surface area contributed by atoms with Gasteiger partial charge in [-0.2, -0.15) is 0 Å². The first-order chi connectivity index (χ1) is 12.0. The lowest BCUT2D eigenvalue weighted by Gasteiger charge is -2.38. The van der Waals surface area contributed by atoms with Gasteiger partial charge < -0.3 is 19.7 Å². The molecule has 8 heteroatoms. The number of carbonyl (C=O) groups excluding carboxylic acids is 2. The first kappa shape index (κ1) is 17.8. The summed E-state index contributed by atoms with van der Waals surface area (Å²) in [6, 6.07) is 0. The number of hydrogen-bond acceptors (Lipinski definition) is 6. The molecule has 1 spiro atoms. The highest BCUT2D eigenvalue weighted by molar-refractivity contribution is 5.92. The Kier molecular flexibility index (Phi) is 5.29. The summed E-state index contributed by atoms with van der Waals surface area (Å²) in [6.45, 7) is 3.63. The van der Waals surface area contributed by atoms with Crippen LogP contribution in [0.1, 0.15) is 35.4 Å². The molecule has 0 radical (unpaired) electrons. The Balaban J connectivity index is 1.51. The molecular weight excluding hydrogens is 324 g/mol. The maximum Gasteiger partial charge on any atom is 0.274 e. The first-order valence-electron chi connectivity index (χ1n) is 8.55. The maximum atomic E-state index is 12.5. The maximum absolute atomic E-state index is 12.5. The quantitative estimate of drug-likeness (QED) is 0.842. The number of nitrogens with zero attached hydrogens (tertiary/aromatic N) is 3. The van der Waals surface area contributed by atoms with E-state index in [0.717, 1.165) is 25.0 Å². The molecule has 2 saturated heterocycles. The van der Waals surface area contributed by atoms with Crippen LogP contribution in [0.4, 0.5) is 0 Å². The highest BCUT2D eigenvalue weighted by atomic mass is 16.6. The van der Waals surface area contributed by atoms with Gasteiger partial charge in [0.05, 0.1) is 30.2 Å². The second-order valence-electron chi connectivity index (χ2n) is 6.64. The van der Waals surface area contributed by atoms with Gasteiger partial charge in [-0.25, -0.2) is 4.98 Å². The molecule has 0 aromatic carbocycles. The summed E-state index contributed by atoms with van der Waals surface area (Å²) >= 11 is 0. The number of piperidine rings is 1. The van der Waals surface area contributed by atoms with E-state index in [4.69, 9.17) is 9.47 Å². The molecule has 2 amide bonds. The van der Waals surface area contributed by atoms with Crippen molar-refractivity contribution in [1.29, 1.82) is 0 Å². The summed E-state index contributed by atoms with van der Waals surface area (Å²) in [5, 5.41) is 2.54. The largest absolute Gasteiger partial charge is 0.372 e. The summed E-state index contributed by atoms with van der Waals surface area (Å²) < 4.78 is 11.6. The van der Waals surface area contributed by atoms with Crippen LogP contribution in [0.5, 0.6) is 0 Å². The number of amides is 2. The third-order valence-electron chi connectivity index (χ3n) is 4.87. The minimum absolute atomic E-state index is 0.0529. The highest BCUT2D eigenvalue weighted by Gasteiger charge is 2.44. The number of rotatable bonds is 4. The van der Waals surface area contributed by atoms with Gasteiger partial charge in [0, 0.05) is 32.8 Å². The third kappa shape index (κ3) is 4.13. The average molecular weight is 348 g/mol. The number of aromatic nitrogens is 2. The van der Waals surface area contributed by atoms with Crippen molar-refractivity contribution in [2.24, 2.45) is 0 Å². The van der Waals surface area contributed by atoms with E-state index in [2.05, 4.69) is 15.3 Å². The van der Waals surface area contributed by atoms with Gasteiger partial charge in [0.1, 0.15) is 12.3 Å². The van der Waals surface area contributed by atoms with E-state index in [-0.39, 0.29) is 30.1 Å². The predicted molar refractivity (Wildman–Crippen MR) is 89.0 cm³/mol. The second kappa shape index (κ2) is 7.45. The van der Waals surface area contributed by atoms with Crippen molar-refractivity contribution in [3.8, 4) is 0 Å². The number of likely N-dealkylation sites (N-methyl/N-ethyl adjacent to an activating group) is 1. The Bertz CT molecular complexity index is 626. The molecule has 2 aliphatic rings. The number of ether oxygens (including phenoxy) is 2. The Hall–Kier alpha value is -2.06. The number of likely N-dealkylation sites (tertiary alicyclic amines) is 1. The molecule has 136 valence electrons. The number of hydrogen-bond donors (Lipinski definition) is 1. The zero-order valence-corrected chi connectivity index (χ0v) is 14.7. The van der Waals surface area contributed by atoms with Crippen LogP contribution in [0, 0.1) is 6.92 Å². The molecule has 0 aliphatic carbocycles.